The highest BCUT2D eigenvalue weighted by Crippen LogP contribution is 2.18. The van der Waals surface area contributed by atoms with Gasteiger partial charge >= 0.3 is 0 Å². The van der Waals surface area contributed by atoms with Crippen LogP contribution in [-0.4, -0.2) is 11.7 Å². The summed E-state index contributed by atoms with van der Waals surface area (Å²) in [5.74, 6) is 0.866. The number of hydrogen-bond donors (Lipinski definition) is 1. The lowest BCUT2D eigenvalue weighted by Crippen LogP contribution is -2.05. The van der Waals surface area contributed by atoms with Crippen LogP contribution in [0.15, 0.2) is 54.6 Å². The fourth-order valence-corrected chi connectivity index (χ4v) is 2.17. The van der Waals surface area contributed by atoms with Crippen LogP contribution in [0.3, 0.4) is 0 Å². The molecule has 0 saturated carbocycles. The Labute approximate surface area is 121 Å². The molecular weight excluding hydrogens is 248 g/mol. The molecule has 1 atom stereocenters. The smallest absolute Gasteiger partial charge is 0.119 e. The fourth-order valence-electron chi connectivity index (χ4n) is 2.17. The number of hydrogen-bond acceptors (Lipinski definition) is 2. The van der Waals surface area contributed by atoms with Gasteiger partial charge in [-0.2, -0.15) is 0 Å². The first-order chi connectivity index (χ1) is 9.79. The van der Waals surface area contributed by atoms with E-state index in [1.807, 2.05) is 42.5 Å². The first-order valence-corrected chi connectivity index (χ1v) is 7.24. The quantitative estimate of drug-likeness (QED) is 0.819. The molecule has 2 rings (SSSR count). The Hall–Kier alpha value is -1.80. The molecule has 0 heterocycles. The molecular formula is C18H22O2. The Kier molecular flexibility index (Phi) is 5.63. The van der Waals surface area contributed by atoms with Gasteiger partial charge in [0.05, 0.1) is 12.7 Å². The maximum atomic E-state index is 10.0. The van der Waals surface area contributed by atoms with Crippen molar-refractivity contribution in [1.29, 1.82) is 0 Å². The van der Waals surface area contributed by atoms with Gasteiger partial charge in [0.15, 0.2) is 0 Å². The highest BCUT2D eigenvalue weighted by Gasteiger charge is 2.06. The predicted octanol–water partition coefficient (Wildman–Crippen LogP) is 4.14. The van der Waals surface area contributed by atoms with Gasteiger partial charge in [0.2, 0.25) is 0 Å². The van der Waals surface area contributed by atoms with Gasteiger partial charge in [0, 0.05) is 6.42 Å². The van der Waals surface area contributed by atoms with Crippen LogP contribution in [0.25, 0.3) is 0 Å². The lowest BCUT2D eigenvalue weighted by molar-refractivity contribution is 0.141. The third-order valence-electron chi connectivity index (χ3n) is 3.31. The molecule has 0 aliphatic heterocycles. The number of aliphatic hydroxyl groups excluding tert-OH is 1. The van der Waals surface area contributed by atoms with Gasteiger partial charge in [-0.25, -0.2) is 0 Å². The molecule has 106 valence electrons. The summed E-state index contributed by atoms with van der Waals surface area (Å²) in [5.41, 5.74) is 2.28. The lowest BCUT2D eigenvalue weighted by Gasteiger charge is -2.12. The number of rotatable bonds is 7. The van der Waals surface area contributed by atoms with E-state index in [0.717, 1.165) is 24.2 Å². The van der Waals surface area contributed by atoms with Crippen LogP contribution in [0.1, 0.15) is 37.0 Å². The van der Waals surface area contributed by atoms with Crippen molar-refractivity contribution in [2.24, 2.45) is 0 Å². The van der Waals surface area contributed by atoms with E-state index in [2.05, 4.69) is 19.1 Å². The molecule has 0 aromatic heterocycles. The van der Waals surface area contributed by atoms with E-state index in [9.17, 15) is 5.11 Å². The summed E-state index contributed by atoms with van der Waals surface area (Å²) >= 11 is 0. The Balaban J connectivity index is 1.78. The first kappa shape index (κ1) is 14.6. The van der Waals surface area contributed by atoms with Gasteiger partial charge in [0.25, 0.3) is 0 Å². The van der Waals surface area contributed by atoms with Crippen LogP contribution in [0.2, 0.25) is 0 Å². The SMILES string of the molecule is CCCc1ccc(OCCC(O)c2ccccc2)cc1. The molecule has 1 unspecified atom stereocenters. The highest BCUT2D eigenvalue weighted by molar-refractivity contribution is 5.27. The second-order valence-corrected chi connectivity index (χ2v) is 4.96. The summed E-state index contributed by atoms with van der Waals surface area (Å²) in [6.07, 6.45) is 2.40. The van der Waals surface area contributed by atoms with Crippen molar-refractivity contribution in [3.8, 4) is 5.75 Å². The number of aliphatic hydroxyl groups is 1. The fraction of sp³-hybridized carbons (Fsp3) is 0.333. The molecule has 2 nitrogen and oxygen atoms in total. The first-order valence-electron chi connectivity index (χ1n) is 7.24. The summed E-state index contributed by atoms with van der Waals surface area (Å²) < 4.78 is 5.67. The Morgan fingerprint density at radius 1 is 1.00 bits per heavy atom. The zero-order chi connectivity index (χ0) is 14.2. The second kappa shape index (κ2) is 7.71. The van der Waals surface area contributed by atoms with Gasteiger partial charge in [-0.3, -0.25) is 0 Å². The molecule has 1 N–H and O–H groups in total. The Morgan fingerprint density at radius 2 is 1.70 bits per heavy atom. The molecule has 2 heteroatoms. The van der Waals surface area contributed by atoms with E-state index < -0.39 is 6.10 Å². The van der Waals surface area contributed by atoms with E-state index in [1.165, 1.54) is 5.56 Å². The van der Waals surface area contributed by atoms with Gasteiger partial charge in [-0.05, 0) is 29.7 Å². The molecule has 0 amide bonds. The minimum absolute atomic E-state index is 0.462. The van der Waals surface area contributed by atoms with Crippen molar-refractivity contribution in [1.82, 2.24) is 0 Å². The second-order valence-electron chi connectivity index (χ2n) is 4.96. The van der Waals surface area contributed by atoms with Gasteiger partial charge in [0.1, 0.15) is 5.75 Å². The normalized spacial score (nSPS) is 12.1. The summed E-state index contributed by atoms with van der Waals surface area (Å²) in [7, 11) is 0. The van der Waals surface area contributed by atoms with E-state index in [4.69, 9.17) is 4.74 Å². The third kappa shape index (κ3) is 4.39. The number of benzene rings is 2. The minimum Gasteiger partial charge on any atom is -0.493 e. The van der Waals surface area contributed by atoms with Crippen molar-refractivity contribution in [3.05, 3.63) is 65.7 Å². The van der Waals surface area contributed by atoms with Crippen molar-refractivity contribution in [2.45, 2.75) is 32.3 Å². The Bertz CT molecular complexity index is 491. The maximum absolute atomic E-state index is 10.0. The zero-order valence-corrected chi connectivity index (χ0v) is 12.0. The van der Waals surface area contributed by atoms with Crippen LogP contribution >= 0.6 is 0 Å². The molecule has 0 bridgehead atoms. The largest absolute Gasteiger partial charge is 0.493 e. The van der Waals surface area contributed by atoms with Gasteiger partial charge < -0.3 is 9.84 Å². The molecule has 0 spiro atoms. The highest BCUT2D eigenvalue weighted by atomic mass is 16.5. The molecule has 0 radical (unpaired) electrons. The predicted molar refractivity (Wildman–Crippen MR) is 82.0 cm³/mol. The molecule has 0 fully saturated rings. The molecule has 2 aromatic rings. The number of ether oxygens (including phenoxy) is 1. The summed E-state index contributed by atoms with van der Waals surface area (Å²) in [4.78, 5) is 0. The maximum Gasteiger partial charge on any atom is 0.119 e. The van der Waals surface area contributed by atoms with Crippen LogP contribution in [0.4, 0.5) is 0 Å². The standard InChI is InChI=1S/C18H22O2/c1-2-6-15-9-11-17(12-10-15)20-14-13-18(19)16-7-4-3-5-8-16/h3-5,7-12,18-19H,2,6,13-14H2,1H3. The van der Waals surface area contributed by atoms with Gasteiger partial charge in [-0.15, -0.1) is 0 Å². The number of aryl methyl sites for hydroxylation is 1. The average Bonchev–Trinajstić information content (AvgIpc) is 2.50. The summed E-state index contributed by atoms with van der Waals surface area (Å²) in [5, 5.41) is 10.0. The minimum atomic E-state index is -0.462. The lowest BCUT2D eigenvalue weighted by atomic mass is 10.1. The van der Waals surface area contributed by atoms with Crippen LogP contribution in [0.5, 0.6) is 5.75 Å². The summed E-state index contributed by atoms with van der Waals surface area (Å²) in [6.45, 7) is 2.69. The average molecular weight is 270 g/mol. The van der Waals surface area contributed by atoms with Crippen molar-refractivity contribution in [3.63, 3.8) is 0 Å². The third-order valence-corrected chi connectivity index (χ3v) is 3.31. The van der Waals surface area contributed by atoms with Gasteiger partial charge in [-0.1, -0.05) is 55.8 Å². The van der Waals surface area contributed by atoms with Crippen molar-refractivity contribution >= 4 is 0 Å². The molecule has 20 heavy (non-hydrogen) atoms. The monoisotopic (exact) mass is 270 g/mol. The van der Waals surface area contributed by atoms with Crippen molar-refractivity contribution < 1.29 is 9.84 Å². The van der Waals surface area contributed by atoms with Crippen LogP contribution < -0.4 is 4.74 Å². The van der Waals surface area contributed by atoms with E-state index in [0.29, 0.717) is 13.0 Å². The Morgan fingerprint density at radius 3 is 2.35 bits per heavy atom. The van der Waals surface area contributed by atoms with E-state index >= 15 is 0 Å². The zero-order valence-electron chi connectivity index (χ0n) is 12.0. The molecule has 0 saturated heterocycles. The van der Waals surface area contributed by atoms with Crippen LogP contribution in [-0.2, 0) is 6.42 Å². The molecule has 2 aromatic carbocycles. The van der Waals surface area contributed by atoms with Crippen LogP contribution in [0, 0.1) is 0 Å². The van der Waals surface area contributed by atoms with Crippen molar-refractivity contribution in [2.75, 3.05) is 6.61 Å². The van der Waals surface area contributed by atoms with E-state index in [1.54, 1.807) is 0 Å². The molecule has 0 aliphatic carbocycles. The van der Waals surface area contributed by atoms with E-state index in [-0.39, 0.29) is 0 Å². The topological polar surface area (TPSA) is 29.5 Å². The molecule has 0 aliphatic rings. The summed E-state index contributed by atoms with van der Waals surface area (Å²) in [6, 6.07) is 17.9.